The number of hydrogen-bond donors (Lipinski definition) is 0. The molecule has 0 aliphatic rings. The Balaban J connectivity index is 2.11. The van der Waals surface area contributed by atoms with Crippen LogP contribution in [0.2, 0.25) is 6.04 Å². The topological polar surface area (TPSA) is 46.2 Å². The first-order valence-corrected chi connectivity index (χ1v) is 12.7. The van der Waals surface area contributed by atoms with E-state index in [4.69, 9.17) is 22.8 Å². The molecule has 0 unspecified atom stereocenters. The maximum atomic E-state index is 6.26. The number of unbranched alkanes of at least 4 members (excludes halogenated alkanes) is 3. The predicted octanol–water partition coefficient (Wildman–Crippen LogP) is 5.96. The molecule has 0 aliphatic carbocycles. The van der Waals surface area contributed by atoms with E-state index in [0.29, 0.717) is 19.3 Å². The van der Waals surface area contributed by atoms with E-state index in [2.05, 4.69) is 25.1 Å². The molecule has 2 aromatic rings. The molecule has 0 atom stereocenters. The lowest BCUT2D eigenvalue weighted by atomic mass is 10.0. The Morgan fingerprint density at radius 2 is 1.40 bits per heavy atom. The molecule has 0 saturated heterocycles. The van der Waals surface area contributed by atoms with Crippen molar-refractivity contribution in [1.82, 2.24) is 0 Å². The van der Waals surface area contributed by atoms with Crippen LogP contribution in [0.4, 0.5) is 0 Å². The Hall–Kier alpha value is -1.86. The molecule has 6 heteroatoms. The van der Waals surface area contributed by atoms with Gasteiger partial charge in [-0.15, -0.1) is 0 Å². The van der Waals surface area contributed by atoms with Gasteiger partial charge < -0.3 is 22.8 Å². The van der Waals surface area contributed by atoms with Crippen LogP contribution in [-0.4, -0.2) is 43.3 Å². The van der Waals surface area contributed by atoms with Crippen LogP contribution < -0.4 is 9.47 Å². The van der Waals surface area contributed by atoms with Gasteiger partial charge in [0.25, 0.3) is 0 Å². The fourth-order valence-corrected chi connectivity index (χ4v) is 5.04. The van der Waals surface area contributed by atoms with Crippen LogP contribution in [0.1, 0.15) is 39.0 Å². The smallest absolute Gasteiger partial charge is 0.490 e. The predicted molar refractivity (Wildman–Crippen MR) is 123 cm³/mol. The number of ether oxygens (including phenoxy) is 2. The fraction of sp³-hybridized carbons (Fsp3) is 0.500. The molecule has 0 saturated carbocycles. The number of benzene rings is 2. The molecular weight excluding hydrogens is 396 g/mol. The lowest BCUT2D eigenvalue weighted by Crippen LogP contribution is -2.42. The monoisotopic (exact) mass is 432 g/mol. The van der Waals surface area contributed by atoms with Crippen molar-refractivity contribution in [2.45, 2.75) is 45.1 Å². The Bertz CT molecular complexity index is 711. The molecule has 5 nitrogen and oxygen atoms in total. The molecule has 0 fully saturated rings. The highest BCUT2D eigenvalue weighted by atomic mass is 28.4. The van der Waals surface area contributed by atoms with E-state index >= 15 is 0 Å². The highest BCUT2D eigenvalue weighted by molar-refractivity contribution is 6.60. The van der Waals surface area contributed by atoms with Crippen LogP contribution in [0.5, 0.6) is 11.5 Å². The zero-order chi connectivity index (χ0) is 21.7. The second kappa shape index (κ2) is 13.4. The van der Waals surface area contributed by atoms with Crippen LogP contribution in [0.15, 0.2) is 48.5 Å². The van der Waals surface area contributed by atoms with Crippen LogP contribution >= 0.6 is 0 Å². The first kappa shape index (κ1) is 24.4. The van der Waals surface area contributed by atoms with Gasteiger partial charge in [0.15, 0.2) is 11.5 Å². The number of hydrogen-bond acceptors (Lipinski definition) is 5. The summed E-state index contributed by atoms with van der Waals surface area (Å²) in [7, 11) is 2.31. The van der Waals surface area contributed by atoms with Gasteiger partial charge in [-0.25, -0.2) is 0 Å². The van der Waals surface area contributed by atoms with E-state index < -0.39 is 8.80 Å². The Morgan fingerprint density at radius 3 is 2.07 bits per heavy atom. The standard InChI is InChI=1S/C24H36O5Si/c1-5-6-7-11-18-28-23-17-12-16-22(21-14-9-8-10-15-21)24(23)29-19-13-20-30(25-2,26-3)27-4/h8-10,12,14-17H,5-7,11,13,18-20H2,1-4H3. The van der Waals surface area contributed by atoms with Crippen molar-refractivity contribution in [1.29, 1.82) is 0 Å². The third-order valence-electron chi connectivity index (χ3n) is 5.13. The largest absolute Gasteiger partial charge is 0.500 e. The van der Waals surface area contributed by atoms with Crippen LogP contribution in [0, 0.1) is 0 Å². The van der Waals surface area contributed by atoms with Crippen LogP contribution in [0.3, 0.4) is 0 Å². The van der Waals surface area contributed by atoms with E-state index in [1.807, 2.05) is 30.3 Å². The van der Waals surface area contributed by atoms with Gasteiger partial charge in [-0.3, -0.25) is 0 Å². The minimum Gasteiger partial charge on any atom is -0.490 e. The minimum atomic E-state index is -2.59. The van der Waals surface area contributed by atoms with Crippen molar-refractivity contribution in [3.05, 3.63) is 48.5 Å². The molecule has 0 amide bonds. The van der Waals surface area contributed by atoms with E-state index in [-0.39, 0.29) is 0 Å². The molecule has 2 aromatic carbocycles. The van der Waals surface area contributed by atoms with Gasteiger partial charge in [-0.05, 0) is 24.5 Å². The summed E-state index contributed by atoms with van der Waals surface area (Å²) < 4.78 is 28.9. The Morgan fingerprint density at radius 1 is 0.700 bits per heavy atom. The Kier molecular flexibility index (Phi) is 10.9. The molecule has 0 radical (unpaired) electrons. The molecule has 0 aliphatic heterocycles. The number of para-hydroxylation sites is 1. The summed E-state index contributed by atoms with van der Waals surface area (Å²) in [4.78, 5) is 0. The first-order chi connectivity index (χ1) is 14.7. The summed E-state index contributed by atoms with van der Waals surface area (Å²) in [6, 6.07) is 17.0. The maximum absolute atomic E-state index is 6.26. The van der Waals surface area contributed by atoms with Gasteiger partial charge in [0.1, 0.15) is 0 Å². The lowest BCUT2D eigenvalue weighted by Gasteiger charge is -2.24. The highest BCUT2D eigenvalue weighted by Crippen LogP contribution is 2.38. The summed E-state index contributed by atoms with van der Waals surface area (Å²) in [5.74, 6) is 1.58. The average molecular weight is 433 g/mol. The molecule has 0 spiro atoms. The van der Waals surface area contributed by atoms with Crippen molar-refractivity contribution >= 4 is 8.80 Å². The summed E-state index contributed by atoms with van der Waals surface area (Å²) in [6.45, 7) is 3.44. The third kappa shape index (κ3) is 7.13. The van der Waals surface area contributed by atoms with Gasteiger partial charge in [-0.2, -0.15) is 0 Å². The SMILES string of the molecule is CCCCCCOc1cccc(-c2ccccc2)c1OCCC[Si](OC)(OC)OC. The molecule has 2 rings (SSSR count). The van der Waals surface area contributed by atoms with Gasteiger partial charge in [-0.1, -0.05) is 68.7 Å². The maximum Gasteiger partial charge on any atom is 0.500 e. The second-order valence-corrected chi connectivity index (χ2v) is 10.2. The molecule has 0 heterocycles. The average Bonchev–Trinajstić information content (AvgIpc) is 2.80. The molecule has 0 aromatic heterocycles. The summed E-state index contributed by atoms with van der Waals surface area (Å²) in [5, 5.41) is 0. The van der Waals surface area contributed by atoms with E-state index in [9.17, 15) is 0 Å². The van der Waals surface area contributed by atoms with Crippen molar-refractivity contribution < 1.29 is 22.8 Å². The molecule has 30 heavy (non-hydrogen) atoms. The van der Waals surface area contributed by atoms with Gasteiger partial charge in [0, 0.05) is 32.9 Å². The summed E-state index contributed by atoms with van der Waals surface area (Å²) >= 11 is 0. The van der Waals surface area contributed by atoms with Gasteiger partial charge in [0.05, 0.1) is 13.2 Å². The van der Waals surface area contributed by atoms with Gasteiger partial charge >= 0.3 is 8.80 Å². The summed E-state index contributed by atoms with van der Waals surface area (Å²) in [6.07, 6.45) is 5.45. The molecule has 0 N–H and O–H groups in total. The molecule has 166 valence electrons. The van der Waals surface area contributed by atoms with Gasteiger partial charge in [0.2, 0.25) is 0 Å². The zero-order valence-corrected chi connectivity index (χ0v) is 19.8. The summed E-state index contributed by atoms with van der Waals surface area (Å²) in [5.41, 5.74) is 2.15. The number of rotatable bonds is 15. The Labute approximate surface area is 182 Å². The second-order valence-electron chi connectivity index (χ2n) is 7.16. The van der Waals surface area contributed by atoms with E-state index in [0.717, 1.165) is 35.5 Å². The normalized spacial score (nSPS) is 11.5. The highest BCUT2D eigenvalue weighted by Gasteiger charge is 2.37. The first-order valence-electron chi connectivity index (χ1n) is 10.8. The van der Waals surface area contributed by atoms with Crippen molar-refractivity contribution in [3.8, 4) is 22.6 Å². The lowest BCUT2D eigenvalue weighted by molar-refractivity contribution is 0.121. The van der Waals surface area contributed by atoms with Crippen molar-refractivity contribution in [3.63, 3.8) is 0 Å². The van der Waals surface area contributed by atoms with Crippen molar-refractivity contribution in [2.24, 2.45) is 0 Å². The molecular formula is C24H36O5Si. The fourth-order valence-electron chi connectivity index (χ4n) is 3.35. The quantitative estimate of drug-likeness (QED) is 0.257. The van der Waals surface area contributed by atoms with E-state index in [1.165, 1.54) is 19.3 Å². The van der Waals surface area contributed by atoms with E-state index in [1.54, 1.807) is 21.3 Å². The van der Waals surface area contributed by atoms with Crippen LogP contribution in [0.25, 0.3) is 11.1 Å². The zero-order valence-electron chi connectivity index (χ0n) is 18.8. The van der Waals surface area contributed by atoms with Crippen molar-refractivity contribution in [2.75, 3.05) is 34.5 Å². The molecule has 0 bridgehead atoms. The minimum absolute atomic E-state index is 0.529. The van der Waals surface area contributed by atoms with Crippen LogP contribution in [-0.2, 0) is 13.3 Å². The third-order valence-corrected chi connectivity index (χ3v) is 7.96.